The number of para-hydroxylation sites is 4. The van der Waals surface area contributed by atoms with Gasteiger partial charge in [0.25, 0.3) is 0 Å². The van der Waals surface area contributed by atoms with Gasteiger partial charge in [0.2, 0.25) is 0 Å². The third-order valence-electron chi connectivity index (χ3n) is 8.05. The maximum Gasteiger partial charge on any atom is 0.195 e. The maximum absolute atomic E-state index is 5.08. The van der Waals surface area contributed by atoms with Gasteiger partial charge in [-0.1, -0.05) is 84.1 Å². The fourth-order valence-electron chi connectivity index (χ4n) is 6.05. The van der Waals surface area contributed by atoms with E-state index in [0.717, 1.165) is 53.2 Å². The summed E-state index contributed by atoms with van der Waals surface area (Å²) in [6, 6.07) is 51.2. The molecule has 44 heavy (non-hydrogen) atoms. The number of fused-ring (bicyclic) bond motifs is 5. The van der Waals surface area contributed by atoms with E-state index >= 15 is 0 Å². The lowest BCUT2D eigenvalue weighted by Gasteiger charge is -2.25. The Balaban J connectivity index is 1.12. The van der Waals surface area contributed by atoms with Crippen LogP contribution in [0.1, 0.15) is 0 Å². The molecular formula is C38H24N4S2. The van der Waals surface area contributed by atoms with Gasteiger partial charge < -0.3 is 4.90 Å². The summed E-state index contributed by atoms with van der Waals surface area (Å²) in [6.45, 7) is 0. The van der Waals surface area contributed by atoms with Crippen LogP contribution in [0, 0.1) is 0 Å². The summed E-state index contributed by atoms with van der Waals surface area (Å²) in [7, 11) is 0. The SMILES string of the molecule is c1ccc(N(c2ccccc2)c2ccc3nc(-c4ccc5nc(-n6c7ccccc7c7ccccc76)sc5c4)sc3c2)cc1. The van der Waals surface area contributed by atoms with Crippen LogP contribution in [-0.4, -0.2) is 14.5 Å². The zero-order valence-electron chi connectivity index (χ0n) is 23.5. The minimum Gasteiger partial charge on any atom is -0.310 e. The van der Waals surface area contributed by atoms with E-state index in [2.05, 4.69) is 155 Å². The van der Waals surface area contributed by atoms with Gasteiger partial charge in [0, 0.05) is 33.4 Å². The van der Waals surface area contributed by atoms with Gasteiger partial charge in [-0.25, -0.2) is 9.97 Å². The van der Waals surface area contributed by atoms with Gasteiger partial charge >= 0.3 is 0 Å². The number of aromatic nitrogens is 3. The molecule has 0 aliphatic carbocycles. The van der Waals surface area contributed by atoms with Gasteiger partial charge in [0.15, 0.2) is 5.13 Å². The number of nitrogens with zero attached hydrogens (tertiary/aromatic N) is 4. The predicted molar refractivity (Wildman–Crippen MR) is 187 cm³/mol. The molecule has 208 valence electrons. The normalized spacial score (nSPS) is 11.6. The van der Waals surface area contributed by atoms with Crippen molar-refractivity contribution < 1.29 is 0 Å². The molecule has 0 aliphatic rings. The average Bonchev–Trinajstić information content (AvgIpc) is 3.79. The zero-order chi connectivity index (χ0) is 29.0. The van der Waals surface area contributed by atoms with E-state index in [0.29, 0.717) is 0 Å². The molecule has 6 aromatic carbocycles. The van der Waals surface area contributed by atoms with Gasteiger partial charge in [-0.15, -0.1) is 11.3 Å². The van der Waals surface area contributed by atoms with Crippen molar-refractivity contribution in [3.63, 3.8) is 0 Å². The van der Waals surface area contributed by atoms with Gasteiger partial charge in [-0.05, 0) is 72.8 Å². The molecule has 9 aromatic rings. The second-order valence-corrected chi connectivity index (χ2v) is 12.8. The summed E-state index contributed by atoms with van der Waals surface area (Å²) in [5.74, 6) is 0. The van der Waals surface area contributed by atoms with E-state index < -0.39 is 0 Å². The quantitative estimate of drug-likeness (QED) is 0.197. The molecule has 0 bridgehead atoms. The molecule has 0 N–H and O–H groups in total. The highest BCUT2D eigenvalue weighted by atomic mass is 32.1. The van der Waals surface area contributed by atoms with Gasteiger partial charge in [-0.2, -0.15) is 0 Å². The molecule has 3 heterocycles. The molecule has 9 rings (SSSR count). The van der Waals surface area contributed by atoms with Gasteiger partial charge in [0.1, 0.15) is 5.01 Å². The molecule has 0 fully saturated rings. The standard InChI is InChI=1S/C38H24N4S2/c1-3-11-26(12-4-1)41(27-13-5-2-6-14-27)28-20-22-31-36(24-28)43-37(39-31)25-19-21-32-35(23-25)44-38(40-32)42-33-17-9-7-15-29(33)30-16-8-10-18-34(30)42/h1-24H. The van der Waals surface area contributed by atoms with Crippen molar-refractivity contribution >= 4 is 82.0 Å². The second kappa shape index (κ2) is 10.2. The molecule has 0 amide bonds. The first-order chi connectivity index (χ1) is 21.8. The third kappa shape index (κ3) is 4.11. The monoisotopic (exact) mass is 600 g/mol. The lowest BCUT2D eigenvalue weighted by Crippen LogP contribution is -2.09. The van der Waals surface area contributed by atoms with Crippen LogP contribution in [0.15, 0.2) is 146 Å². The van der Waals surface area contributed by atoms with Crippen molar-refractivity contribution in [3.8, 4) is 15.7 Å². The fraction of sp³-hybridized carbons (Fsp3) is 0. The smallest absolute Gasteiger partial charge is 0.195 e. The van der Waals surface area contributed by atoms with Crippen molar-refractivity contribution in [3.05, 3.63) is 146 Å². The van der Waals surface area contributed by atoms with Crippen LogP contribution >= 0.6 is 22.7 Å². The first kappa shape index (κ1) is 25.2. The summed E-state index contributed by atoms with van der Waals surface area (Å²) in [5.41, 5.74) is 8.82. The van der Waals surface area contributed by atoms with E-state index in [1.54, 1.807) is 22.7 Å². The Bertz CT molecular complexity index is 2360. The van der Waals surface area contributed by atoms with Crippen molar-refractivity contribution in [2.24, 2.45) is 0 Å². The van der Waals surface area contributed by atoms with Crippen molar-refractivity contribution in [2.45, 2.75) is 0 Å². The Kier molecular flexibility index (Phi) is 5.82. The van der Waals surface area contributed by atoms with Crippen LogP contribution in [0.5, 0.6) is 0 Å². The Labute approximate surface area is 261 Å². The Morgan fingerprint density at radius 3 is 1.73 bits per heavy atom. The number of benzene rings is 6. The zero-order valence-corrected chi connectivity index (χ0v) is 25.1. The topological polar surface area (TPSA) is 34.0 Å². The fourth-order valence-corrected chi connectivity index (χ4v) is 8.07. The maximum atomic E-state index is 5.08. The molecule has 0 spiro atoms. The number of rotatable bonds is 5. The molecule has 4 nitrogen and oxygen atoms in total. The van der Waals surface area contributed by atoms with Crippen LogP contribution in [0.2, 0.25) is 0 Å². The molecular weight excluding hydrogens is 577 g/mol. The lowest BCUT2D eigenvalue weighted by atomic mass is 10.2. The molecule has 0 saturated heterocycles. The number of anilines is 3. The van der Waals surface area contributed by atoms with E-state index in [1.807, 2.05) is 0 Å². The molecule has 0 atom stereocenters. The van der Waals surface area contributed by atoms with E-state index in [-0.39, 0.29) is 0 Å². The molecule has 0 aliphatic heterocycles. The van der Waals surface area contributed by atoms with Crippen LogP contribution in [-0.2, 0) is 0 Å². The van der Waals surface area contributed by atoms with E-state index in [4.69, 9.17) is 9.97 Å². The summed E-state index contributed by atoms with van der Waals surface area (Å²) < 4.78 is 4.60. The van der Waals surface area contributed by atoms with Crippen molar-refractivity contribution in [1.29, 1.82) is 0 Å². The average molecular weight is 601 g/mol. The highest BCUT2D eigenvalue weighted by Gasteiger charge is 2.17. The predicted octanol–water partition coefficient (Wildman–Crippen LogP) is 11.1. The third-order valence-corrected chi connectivity index (χ3v) is 10.1. The minimum atomic E-state index is 0.977. The highest BCUT2D eigenvalue weighted by molar-refractivity contribution is 7.22. The summed E-state index contributed by atoms with van der Waals surface area (Å²) in [6.07, 6.45) is 0. The molecule has 0 unspecified atom stereocenters. The Hall–Kier alpha value is -5.30. The van der Waals surface area contributed by atoms with Crippen molar-refractivity contribution in [1.82, 2.24) is 14.5 Å². The van der Waals surface area contributed by atoms with Crippen LogP contribution in [0.4, 0.5) is 17.1 Å². The molecule has 0 saturated carbocycles. The molecule has 6 heteroatoms. The largest absolute Gasteiger partial charge is 0.310 e. The Morgan fingerprint density at radius 1 is 0.477 bits per heavy atom. The summed E-state index contributed by atoms with van der Waals surface area (Å²) in [5, 5.41) is 4.48. The Morgan fingerprint density at radius 2 is 1.05 bits per heavy atom. The van der Waals surface area contributed by atoms with E-state index in [9.17, 15) is 0 Å². The van der Waals surface area contributed by atoms with Crippen LogP contribution in [0.3, 0.4) is 0 Å². The highest BCUT2D eigenvalue weighted by Crippen LogP contribution is 2.40. The van der Waals surface area contributed by atoms with Crippen LogP contribution < -0.4 is 4.90 Å². The second-order valence-electron chi connectivity index (χ2n) is 10.7. The number of thiazole rings is 2. The van der Waals surface area contributed by atoms with E-state index in [1.165, 1.54) is 21.8 Å². The number of hydrogen-bond donors (Lipinski definition) is 0. The van der Waals surface area contributed by atoms with Crippen molar-refractivity contribution in [2.75, 3.05) is 4.90 Å². The van der Waals surface area contributed by atoms with Crippen LogP contribution in [0.25, 0.3) is 57.9 Å². The lowest BCUT2D eigenvalue weighted by molar-refractivity contribution is 1.15. The first-order valence-corrected chi connectivity index (χ1v) is 16.1. The van der Waals surface area contributed by atoms with Gasteiger partial charge in [0.05, 0.1) is 31.5 Å². The van der Waals surface area contributed by atoms with Gasteiger partial charge in [-0.3, -0.25) is 4.57 Å². The summed E-state index contributed by atoms with van der Waals surface area (Å²) in [4.78, 5) is 12.4. The minimum absolute atomic E-state index is 0.977. The number of hydrogen-bond acceptors (Lipinski definition) is 5. The molecule has 0 radical (unpaired) electrons. The summed E-state index contributed by atoms with van der Waals surface area (Å²) >= 11 is 3.45. The first-order valence-electron chi connectivity index (χ1n) is 14.5. The molecule has 3 aromatic heterocycles.